The van der Waals surface area contributed by atoms with Crippen molar-refractivity contribution in [2.75, 3.05) is 6.61 Å². The minimum atomic E-state index is 0.380. The molecule has 0 spiro atoms. The van der Waals surface area contributed by atoms with Gasteiger partial charge in [0.05, 0.1) is 12.3 Å². The van der Waals surface area contributed by atoms with Gasteiger partial charge < -0.3 is 15.2 Å². The standard InChI is InChI=1S/C24H26ClN3O/c1-2-3-14-29-24-16-22(27-26)21(25)15-23(24)28(17-19-10-6-4-7-11-19)18-20-12-8-5-9-13-20/h4-13,15H,2-3,14,16-18H2,1H3. The number of unbranched alkanes of at least 4 members (excludes halogenated alkanes) is 1. The Bertz CT molecular complexity index is 874. The zero-order chi connectivity index (χ0) is 20.5. The molecule has 0 amide bonds. The number of ether oxygens (including phenoxy) is 1. The minimum Gasteiger partial charge on any atom is -0.495 e. The lowest BCUT2D eigenvalue weighted by molar-refractivity contribution is -0.00761. The molecule has 0 aliphatic heterocycles. The molecule has 29 heavy (non-hydrogen) atoms. The average molecular weight is 408 g/mol. The van der Waals surface area contributed by atoms with Gasteiger partial charge in [0.15, 0.2) is 0 Å². The van der Waals surface area contributed by atoms with Crippen LogP contribution < -0.4 is 0 Å². The van der Waals surface area contributed by atoms with Crippen molar-refractivity contribution in [2.45, 2.75) is 39.3 Å². The Morgan fingerprint density at radius 2 is 1.59 bits per heavy atom. The van der Waals surface area contributed by atoms with E-state index in [4.69, 9.17) is 16.3 Å². The van der Waals surface area contributed by atoms with Gasteiger partial charge in [-0.1, -0.05) is 85.6 Å². The van der Waals surface area contributed by atoms with Crippen molar-refractivity contribution in [1.29, 1.82) is 0 Å². The number of benzene rings is 2. The van der Waals surface area contributed by atoms with Gasteiger partial charge in [-0.3, -0.25) is 0 Å². The number of hydrogen-bond acceptors (Lipinski definition) is 2. The fourth-order valence-corrected chi connectivity index (χ4v) is 3.47. The van der Waals surface area contributed by atoms with E-state index in [2.05, 4.69) is 40.9 Å². The van der Waals surface area contributed by atoms with Gasteiger partial charge in [-0.15, -0.1) is 0 Å². The first-order valence-electron chi connectivity index (χ1n) is 9.98. The summed E-state index contributed by atoms with van der Waals surface area (Å²) in [6.07, 6.45) is 4.26. The van der Waals surface area contributed by atoms with E-state index < -0.39 is 0 Å². The Balaban J connectivity index is 1.97. The molecule has 0 radical (unpaired) electrons. The number of nitrogens with zero attached hydrogens (tertiary/aromatic N) is 3. The Morgan fingerprint density at radius 1 is 1.00 bits per heavy atom. The molecule has 0 saturated heterocycles. The monoisotopic (exact) mass is 407 g/mol. The molecule has 2 aromatic rings. The number of hydrogen-bond donors (Lipinski definition) is 0. The molecule has 0 atom stereocenters. The molecule has 150 valence electrons. The van der Waals surface area contributed by atoms with Gasteiger partial charge in [0.25, 0.3) is 0 Å². The molecule has 0 heterocycles. The summed E-state index contributed by atoms with van der Waals surface area (Å²) in [5.74, 6) is 0.794. The first kappa shape index (κ1) is 20.9. The van der Waals surface area contributed by atoms with E-state index in [0.29, 0.717) is 23.8 Å². The second kappa shape index (κ2) is 10.7. The van der Waals surface area contributed by atoms with Gasteiger partial charge in [-0.2, -0.15) is 4.79 Å². The van der Waals surface area contributed by atoms with E-state index in [0.717, 1.165) is 37.4 Å². The van der Waals surface area contributed by atoms with Crippen molar-refractivity contribution in [3.8, 4) is 0 Å². The lowest BCUT2D eigenvalue weighted by Gasteiger charge is -2.30. The second-order valence-electron chi connectivity index (χ2n) is 7.05. The predicted octanol–water partition coefficient (Wildman–Crippen LogP) is 5.91. The van der Waals surface area contributed by atoms with Crippen LogP contribution >= 0.6 is 11.6 Å². The molecule has 2 aromatic carbocycles. The maximum atomic E-state index is 9.32. The minimum absolute atomic E-state index is 0.380. The third kappa shape index (κ3) is 5.83. The van der Waals surface area contributed by atoms with Crippen LogP contribution in [0.5, 0.6) is 0 Å². The van der Waals surface area contributed by atoms with E-state index >= 15 is 0 Å². The molecule has 1 aliphatic rings. The van der Waals surface area contributed by atoms with Gasteiger partial charge in [-0.25, -0.2) is 0 Å². The van der Waals surface area contributed by atoms with E-state index in [1.807, 2.05) is 42.5 Å². The Labute approximate surface area is 177 Å². The zero-order valence-electron chi connectivity index (χ0n) is 16.7. The molecular weight excluding hydrogens is 382 g/mol. The van der Waals surface area contributed by atoms with Crippen LogP contribution in [0.1, 0.15) is 37.3 Å². The number of allylic oxidation sites excluding steroid dienone is 3. The molecule has 0 saturated carbocycles. The summed E-state index contributed by atoms with van der Waals surface area (Å²) in [6, 6.07) is 20.7. The molecule has 0 aromatic heterocycles. The van der Waals surface area contributed by atoms with Crippen molar-refractivity contribution < 1.29 is 9.53 Å². The largest absolute Gasteiger partial charge is 0.495 e. The van der Waals surface area contributed by atoms with Crippen LogP contribution in [-0.4, -0.2) is 22.0 Å². The Morgan fingerprint density at radius 3 is 2.10 bits per heavy atom. The molecule has 0 N–H and O–H groups in total. The summed E-state index contributed by atoms with van der Waals surface area (Å²) >= 11 is 6.41. The third-order valence-corrected chi connectivity index (χ3v) is 5.15. The SMILES string of the molecule is CCCCOC1=C(N(Cc2ccccc2)Cc2ccccc2)C=C(Cl)C(=[N+]=[N-])C1. The van der Waals surface area contributed by atoms with Crippen LogP contribution in [-0.2, 0) is 17.8 Å². The molecule has 0 fully saturated rings. The molecular formula is C24H26ClN3O. The van der Waals surface area contributed by atoms with Crippen molar-refractivity contribution in [1.82, 2.24) is 4.90 Å². The number of halogens is 1. The predicted molar refractivity (Wildman–Crippen MR) is 117 cm³/mol. The van der Waals surface area contributed by atoms with Crippen molar-refractivity contribution >= 4 is 17.3 Å². The molecule has 3 rings (SSSR count). The number of rotatable bonds is 9. The van der Waals surface area contributed by atoms with Crippen LogP contribution in [0.15, 0.2) is 83.2 Å². The highest BCUT2D eigenvalue weighted by Crippen LogP contribution is 2.29. The summed E-state index contributed by atoms with van der Waals surface area (Å²) in [6.45, 7) is 4.20. The Hall–Kier alpha value is -2.81. The van der Waals surface area contributed by atoms with Crippen LogP contribution in [0.2, 0.25) is 0 Å². The molecule has 4 nitrogen and oxygen atoms in total. The van der Waals surface area contributed by atoms with Crippen LogP contribution in [0.3, 0.4) is 0 Å². The van der Waals surface area contributed by atoms with Crippen LogP contribution in [0.4, 0.5) is 0 Å². The summed E-state index contributed by atoms with van der Waals surface area (Å²) < 4.78 is 6.12. The lowest BCUT2D eigenvalue weighted by atomic mass is 10.0. The highest BCUT2D eigenvalue weighted by molar-refractivity contribution is 6.43. The van der Waals surface area contributed by atoms with E-state index in [9.17, 15) is 5.53 Å². The molecule has 5 heteroatoms. The molecule has 0 bridgehead atoms. The summed E-state index contributed by atoms with van der Waals surface area (Å²) in [5.41, 5.74) is 13.1. The maximum absolute atomic E-state index is 9.32. The van der Waals surface area contributed by atoms with Crippen molar-refractivity contribution in [3.63, 3.8) is 0 Å². The smallest absolute Gasteiger partial charge is 0.318 e. The highest BCUT2D eigenvalue weighted by atomic mass is 35.5. The quantitative estimate of drug-likeness (QED) is 0.294. The summed E-state index contributed by atoms with van der Waals surface area (Å²) in [7, 11) is 0. The second-order valence-corrected chi connectivity index (χ2v) is 7.46. The molecule has 1 aliphatic carbocycles. The average Bonchev–Trinajstić information content (AvgIpc) is 2.75. The van der Waals surface area contributed by atoms with Crippen LogP contribution in [0, 0.1) is 0 Å². The first-order valence-corrected chi connectivity index (χ1v) is 10.4. The fraction of sp³-hybridized carbons (Fsp3) is 0.292. The molecule has 0 unspecified atom stereocenters. The topological polar surface area (TPSA) is 48.9 Å². The van der Waals surface area contributed by atoms with Crippen molar-refractivity contribution in [2.24, 2.45) is 0 Å². The summed E-state index contributed by atoms with van der Waals surface area (Å²) in [4.78, 5) is 5.62. The van der Waals surface area contributed by atoms with Crippen LogP contribution in [0.25, 0.3) is 5.53 Å². The van der Waals surface area contributed by atoms with Gasteiger partial charge in [0.2, 0.25) is 0 Å². The first-order chi connectivity index (χ1) is 14.2. The van der Waals surface area contributed by atoms with Crippen molar-refractivity contribution in [3.05, 3.63) is 99.9 Å². The summed E-state index contributed by atoms with van der Waals surface area (Å²) in [5, 5.41) is 0.441. The normalized spacial score (nSPS) is 13.7. The fourth-order valence-electron chi connectivity index (χ4n) is 3.26. The van der Waals surface area contributed by atoms with Gasteiger partial charge >= 0.3 is 5.71 Å². The van der Waals surface area contributed by atoms with E-state index in [1.54, 1.807) is 0 Å². The van der Waals surface area contributed by atoms with Gasteiger partial charge in [0.1, 0.15) is 17.2 Å². The van der Waals surface area contributed by atoms with Gasteiger partial charge in [0, 0.05) is 13.1 Å². The maximum Gasteiger partial charge on any atom is 0.318 e. The lowest BCUT2D eigenvalue weighted by Crippen LogP contribution is -2.26. The Kier molecular flexibility index (Phi) is 7.69. The third-order valence-electron chi connectivity index (χ3n) is 4.82. The van der Waals surface area contributed by atoms with Gasteiger partial charge in [-0.05, 0) is 23.6 Å². The van der Waals surface area contributed by atoms with E-state index in [-0.39, 0.29) is 0 Å². The van der Waals surface area contributed by atoms with E-state index in [1.165, 1.54) is 11.1 Å². The zero-order valence-corrected chi connectivity index (χ0v) is 17.5. The highest BCUT2D eigenvalue weighted by Gasteiger charge is 2.28.